The highest BCUT2D eigenvalue weighted by atomic mass is 19.3. The van der Waals surface area contributed by atoms with Crippen LogP contribution in [0.3, 0.4) is 0 Å². The van der Waals surface area contributed by atoms with Crippen molar-refractivity contribution in [3.8, 4) is 5.75 Å². The minimum Gasteiger partial charge on any atom is -0.432 e. The lowest BCUT2D eigenvalue weighted by Crippen LogP contribution is -2.26. The number of hydrogen-bond donors (Lipinski definition) is 0. The topological polar surface area (TPSA) is 9.23 Å². The summed E-state index contributed by atoms with van der Waals surface area (Å²) in [6.07, 6.45) is 5.68. The lowest BCUT2D eigenvalue weighted by atomic mass is 9.68. The van der Waals surface area contributed by atoms with Crippen LogP contribution in [0.15, 0.2) is 24.3 Å². The van der Waals surface area contributed by atoms with Crippen molar-refractivity contribution in [1.82, 2.24) is 0 Å². The monoisotopic (exact) mass is 544 g/mol. The van der Waals surface area contributed by atoms with E-state index in [-0.39, 0.29) is 18.1 Å². The maximum Gasteiger partial charge on any atom is 0.398 e. The van der Waals surface area contributed by atoms with Crippen LogP contribution < -0.4 is 4.74 Å². The van der Waals surface area contributed by atoms with Crippen molar-refractivity contribution in [1.29, 1.82) is 0 Å². The van der Waals surface area contributed by atoms with Crippen LogP contribution in [-0.2, 0) is 6.42 Å². The first-order valence-electron chi connectivity index (χ1n) is 13.8. The highest BCUT2D eigenvalue weighted by molar-refractivity contribution is 5.30. The Hall–Kier alpha value is -2.25. The first-order chi connectivity index (χ1) is 18.1. The molecule has 0 bridgehead atoms. The second-order valence-electron chi connectivity index (χ2n) is 11.1. The molecule has 2 saturated carbocycles. The average molecular weight is 545 g/mol. The highest BCUT2D eigenvalue weighted by Gasteiger charge is 2.34. The van der Waals surface area contributed by atoms with Crippen molar-refractivity contribution in [3.63, 3.8) is 0 Å². The van der Waals surface area contributed by atoms with Crippen molar-refractivity contribution in [2.75, 3.05) is 0 Å². The van der Waals surface area contributed by atoms with Crippen LogP contribution in [0.1, 0.15) is 94.6 Å². The minimum absolute atomic E-state index is 0.0359. The smallest absolute Gasteiger partial charge is 0.398 e. The summed E-state index contributed by atoms with van der Waals surface area (Å²) in [6.45, 7) is 2.23. The van der Waals surface area contributed by atoms with Gasteiger partial charge in [0.1, 0.15) is 17.4 Å². The Bertz CT molecular complexity index is 1040. The molecule has 0 radical (unpaired) electrons. The minimum atomic E-state index is -3.98. The Labute approximate surface area is 219 Å². The third-order valence-corrected chi connectivity index (χ3v) is 8.55. The van der Waals surface area contributed by atoms with Crippen molar-refractivity contribution >= 4 is 0 Å². The number of ether oxygens (including phenoxy) is 1. The van der Waals surface area contributed by atoms with Gasteiger partial charge >= 0.3 is 6.11 Å². The van der Waals surface area contributed by atoms with E-state index in [2.05, 4.69) is 11.7 Å². The van der Waals surface area contributed by atoms with E-state index in [1.54, 1.807) is 0 Å². The third-order valence-electron chi connectivity index (χ3n) is 8.55. The van der Waals surface area contributed by atoms with Crippen molar-refractivity contribution < 1.29 is 35.5 Å². The summed E-state index contributed by atoms with van der Waals surface area (Å²) in [7, 11) is 0. The maximum absolute atomic E-state index is 14.8. The van der Waals surface area contributed by atoms with Crippen molar-refractivity contribution in [2.24, 2.45) is 17.8 Å². The van der Waals surface area contributed by atoms with Crippen LogP contribution in [0.25, 0.3) is 0 Å². The molecule has 38 heavy (non-hydrogen) atoms. The van der Waals surface area contributed by atoms with Crippen LogP contribution in [0, 0.1) is 46.8 Å². The van der Waals surface area contributed by atoms with E-state index >= 15 is 0 Å². The third kappa shape index (κ3) is 7.03. The van der Waals surface area contributed by atoms with Crippen molar-refractivity contribution in [3.05, 3.63) is 64.5 Å². The van der Waals surface area contributed by atoms with Gasteiger partial charge in [-0.2, -0.15) is 8.78 Å². The lowest BCUT2D eigenvalue weighted by Gasteiger charge is -2.38. The van der Waals surface area contributed by atoms with E-state index in [4.69, 9.17) is 0 Å². The van der Waals surface area contributed by atoms with Gasteiger partial charge in [-0.3, -0.25) is 0 Å². The number of halogens is 7. The fourth-order valence-corrected chi connectivity index (χ4v) is 6.46. The Kier molecular flexibility index (Phi) is 9.30. The van der Waals surface area contributed by atoms with Gasteiger partial charge in [-0.25, -0.2) is 22.0 Å². The number of benzene rings is 2. The summed E-state index contributed by atoms with van der Waals surface area (Å²) < 4.78 is 102. The fraction of sp³-hybridized carbons (Fsp3) is 0.600. The van der Waals surface area contributed by atoms with Crippen LogP contribution in [-0.4, -0.2) is 6.11 Å². The fourth-order valence-electron chi connectivity index (χ4n) is 6.46. The van der Waals surface area contributed by atoms with Gasteiger partial charge in [0.15, 0.2) is 17.5 Å². The first-order valence-corrected chi connectivity index (χ1v) is 13.8. The molecule has 2 aliphatic carbocycles. The van der Waals surface area contributed by atoms with Gasteiger partial charge < -0.3 is 4.74 Å². The molecular formula is C30H35F7O. The molecule has 0 aliphatic heterocycles. The number of hydrogen-bond acceptors (Lipinski definition) is 1. The molecule has 0 atom stereocenters. The maximum atomic E-state index is 14.8. The normalized spacial score (nSPS) is 24.4. The molecule has 0 aromatic heterocycles. The second kappa shape index (κ2) is 12.3. The molecule has 0 heterocycles. The summed E-state index contributed by atoms with van der Waals surface area (Å²) in [5, 5.41) is 0. The molecule has 0 spiro atoms. The molecular weight excluding hydrogens is 509 g/mol. The molecule has 2 aromatic rings. The molecule has 8 heteroatoms. The summed E-state index contributed by atoms with van der Waals surface area (Å²) in [5.41, 5.74) is 0.0557. The van der Waals surface area contributed by atoms with E-state index in [1.165, 1.54) is 50.7 Å². The Morgan fingerprint density at radius 1 is 0.737 bits per heavy atom. The zero-order valence-electron chi connectivity index (χ0n) is 21.7. The Balaban J connectivity index is 1.32. The number of alkyl halides is 2. The van der Waals surface area contributed by atoms with E-state index in [0.717, 1.165) is 37.5 Å². The lowest BCUT2D eigenvalue weighted by molar-refractivity contribution is -0.180. The van der Waals surface area contributed by atoms with Gasteiger partial charge in [-0.15, -0.1) is 0 Å². The summed E-state index contributed by atoms with van der Waals surface area (Å²) >= 11 is 0. The first kappa shape index (κ1) is 28.8. The van der Waals surface area contributed by atoms with E-state index in [1.807, 2.05) is 0 Å². The Morgan fingerprint density at radius 2 is 1.26 bits per heavy atom. The molecule has 2 aromatic carbocycles. The number of rotatable bonds is 9. The quantitative estimate of drug-likeness (QED) is 0.226. The van der Waals surface area contributed by atoms with Crippen molar-refractivity contribution in [2.45, 2.75) is 96.0 Å². The summed E-state index contributed by atoms with van der Waals surface area (Å²) in [5.74, 6) is -5.60. The Morgan fingerprint density at radius 3 is 1.79 bits per heavy atom. The van der Waals surface area contributed by atoms with E-state index in [0.29, 0.717) is 11.5 Å². The van der Waals surface area contributed by atoms with Gasteiger partial charge in [0.05, 0.1) is 6.42 Å². The summed E-state index contributed by atoms with van der Waals surface area (Å²) in [6, 6.07) is 3.05. The molecule has 0 unspecified atom stereocenters. The molecule has 2 aliphatic rings. The van der Waals surface area contributed by atoms with Crippen LogP contribution in [0.2, 0.25) is 0 Å². The van der Waals surface area contributed by atoms with Gasteiger partial charge in [0, 0.05) is 17.7 Å². The van der Waals surface area contributed by atoms with Gasteiger partial charge in [0.25, 0.3) is 0 Å². The molecule has 0 N–H and O–H groups in total. The van der Waals surface area contributed by atoms with E-state index in [9.17, 15) is 30.7 Å². The highest BCUT2D eigenvalue weighted by Crippen LogP contribution is 2.45. The zero-order chi connectivity index (χ0) is 27.4. The molecule has 210 valence electrons. The molecule has 1 nitrogen and oxygen atoms in total. The van der Waals surface area contributed by atoms with Gasteiger partial charge in [0.2, 0.25) is 0 Å². The average Bonchev–Trinajstić information content (AvgIpc) is 2.87. The van der Waals surface area contributed by atoms with Gasteiger partial charge in [-0.05, 0) is 86.3 Å². The standard InChI is InChI=1S/C30H35F7O/c1-2-3-18-4-6-19(7-5-18)20-8-10-21(11-9-20)22-14-25(31)24(26(32)15-22)12-13-30(36,37)38-23-16-27(33)29(35)28(34)17-23/h14-21H,2-13H2,1H3. The SMILES string of the molecule is CCCC1CCC(C2CCC(c3cc(F)c(CCC(F)(F)Oc4cc(F)c(F)c(F)c4)c(F)c3)CC2)CC1. The largest absolute Gasteiger partial charge is 0.432 e. The molecule has 4 rings (SSSR count). The predicted molar refractivity (Wildman–Crippen MR) is 132 cm³/mol. The van der Waals surface area contributed by atoms with Gasteiger partial charge in [-0.1, -0.05) is 32.6 Å². The van der Waals surface area contributed by atoms with Crippen LogP contribution in [0.5, 0.6) is 5.75 Å². The van der Waals surface area contributed by atoms with Crippen LogP contribution >= 0.6 is 0 Å². The molecule has 2 fully saturated rings. The summed E-state index contributed by atoms with van der Waals surface area (Å²) in [4.78, 5) is 0. The molecule has 0 amide bonds. The predicted octanol–water partition coefficient (Wildman–Crippen LogP) is 9.87. The zero-order valence-corrected chi connectivity index (χ0v) is 21.7. The molecule has 0 saturated heterocycles. The van der Waals surface area contributed by atoms with Crippen LogP contribution in [0.4, 0.5) is 30.7 Å². The van der Waals surface area contributed by atoms with E-state index < -0.39 is 59.3 Å². The second-order valence-corrected chi connectivity index (χ2v) is 11.1.